The molecule has 0 aliphatic rings. The van der Waals surface area contributed by atoms with Crippen LogP contribution in [0.5, 0.6) is 5.75 Å². The molecule has 0 aliphatic carbocycles. The maximum absolute atomic E-state index is 9.39. The van der Waals surface area contributed by atoms with E-state index in [1.807, 2.05) is 25.1 Å². The minimum absolute atomic E-state index is 0.00585. The van der Waals surface area contributed by atoms with Gasteiger partial charge in [-0.3, -0.25) is 4.98 Å². The number of rotatable bonds is 1. The first-order valence-electron chi connectivity index (χ1n) is 4.87. The summed E-state index contributed by atoms with van der Waals surface area (Å²) in [5, 5.41) is 18.2. The van der Waals surface area contributed by atoms with E-state index in [0.717, 1.165) is 16.8 Å². The SMILES string of the molecule is Cc1ccc(-c2ccc(O)c(C#N)c2)cn1. The number of nitriles is 1. The molecule has 3 nitrogen and oxygen atoms in total. The van der Waals surface area contributed by atoms with E-state index in [-0.39, 0.29) is 11.3 Å². The van der Waals surface area contributed by atoms with Crippen molar-refractivity contribution in [2.45, 2.75) is 6.92 Å². The molecule has 16 heavy (non-hydrogen) atoms. The summed E-state index contributed by atoms with van der Waals surface area (Å²) in [6.45, 7) is 1.92. The summed E-state index contributed by atoms with van der Waals surface area (Å²) in [5.41, 5.74) is 3.03. The average Bonchev–Trinajstić information content (AvgIpc) is 2.31. The van der Waals surface area contributed by atoms with Crippen LogP contribution >= 0.6 is 0 Å². The van der Waals surface area contributed by atoms with Crippen LogP contribution in [0.1, 0.15) is 11.3 Å². The minimum atomic E-state index is 0.00585. The van der Waals surface area contributed by atoms with Gasteiger partial charge in [0.2, 0.25) is 0 Å². The van der Waals surface area contributed by atoms with Gasteiger partial charge in [-0.2, -0.15) is 5.26 Å². The third kappa shape index (κ3) is 1.86. The number of hydrogen-bond donors (Lipinski definition) is 1. The molecule has 0 saturated heterocycles. The van der Waals surface area contributed by atoms with Crippen molar-refractivity contribution in [2.24, 2.45) is 0 Å². The second kappa shape index (κ2) is 4.03. The smallest absolute Gasteiger partial charge is 0.133 e. The molecule has 1 aromatic heterocycles. The molecular weight excluding hydrogens is 200 g/mol. The number of hydrogen-bond acceptors (Lipinski definition) is 3. The van der Waals surface area contributed by atoms with Crippen LogP contribution in [0.3, 0.4) is 0 Å². The molecule has 0 bridgehead atoms. The summed E-state index contributed by atoms with van der Waals surface area (Å²) in [7, 11) is 0. The molecule has 0 atom stereocenters. The summed E-state index contributed by atoms with van der Waals surface area (Å²) >= 11 is 0. The molecule has 1 N–H and O–H groups in total. The molecule has 2 rings (SSSR count). The van der Waals surface area contributed by atoms with Crippen LogP contribution < -0.4 is 0 Å². The molecule has 0 fully saturated rings. The first kappa shape index (κ1) is 10.2. The van der Waals surface area contributed by atoms with E-state index >= 15 is 0 Å². The van der Waals surface area contributed by atoms with Crippen molar-refractivity contribution in [2.75, 3.05) is 0 Å². The van der Waals surface area contributed by atoms with Crippen molar-refractivity contribution in [1.29, 1.82) is 5.26 Å². The normalized spacial score (nSPS) is 9.75. The Hall–Kier alpha value is -2.34. The highest BCUT2D eigenvalue weighted by atomic mass is 16.3. The van der Waals surface area contributed by atoms with Crippen LogP contribution in [0.2, 0.25) is 0 Å². The predicted octanol–water partition coefficient (Wildman–Crippen LogP) is 2.63. The van der Waals surface area contributed by atoms with E-state index in [1.165, 1.54) is 6.07 Å². The first-order chi connectivity index (χ1) is 7.70. The van der Waals surface area contributed by atoms with E-state index in [0.29, 0.717) is 0 Å². The van der Waals surface area contributed by atoms with E-state index in [2.05, 4.69) is 4.98 Å². The Kier molecular flexibility index (Phi) is 2.57. The summed E-state index contributed by atoms with van der Waals surface area (Å²) < 4.78 is 0. The Morgan fingerprint density at radius 3 is 2.56 bits per heavy atom. The molecule has 0 radical (unpaired) electrons. The Labute approximate surface area is 93.6 Å². The molecular formula is C13H10N2O. The summed E-state index contributed by atoms with van der Waals surface area (Å²) in [6.07, 6.45) is 1.75. The standard InChI is InChI=1S/C13H10N2O/c1-9-2-3-11(8-15-9)10-4-5-13(16)12(6-10)7-14/h2-6,8,16H,1H3. The molecule has 0 amide bonds. The van der Waals surface area contributed by atoms with E-state index in [4.69, 9.17) is 5.26 Å². The lowest BCUT2D eigenvalue weighted by Gasteiger charge is -2.03. The van der Waals surface area contributed by atoms with Gasteiger partial charge in [0.15, 0.2) is 0 Å². The van der Waals surface area contributed by atoms with Gasteiger partial charge >= 0.3 is 0 Å². The molecule has 1 aromatic carbocycles. The van der Waals surface area contributed by atoms with Crippen molar-refractivity contribution in [1.82, 2.24) is 4.98 Å². The molecule has 2 aromatic rings. The summed E-state index contributed by atoms with van der Waals surface area (Å²) in [5.74, 6) is 0.00585. The van der Waals surface area contributed by atoms with Gasteiger partial charge < -0.3 is 5.11 Å². The number of aromatic hydroxyl groups is 1. The zero-order valence-corrected chi connectivity index (χ0v) is 8.81. The lowest BCUT2D eigenvalue weighted by Crippen LogP contribution is -1.84. The molecule has 0 unspecified atom stereocenters. The lowest BCUT2D eigenvalue weighted by atomic mass is 10.0. The number of aryl methyl sites for hydroxylation is 1. The fourth-order valence-corrected chi connectivity index (χ4v) is 1.44. The number of aromatic nitrogens is 1. The Balaban J connectivity index is 2.49. The second-order valence-corrected chi connectivity index (χ2v) is 3.53. The second-order valence-electron chi connectivity index (χ2n) is 3.53. The first-order valence-corrected chi connectivity index (χ1v) is 4.87. The van der Waals surface area contributed by atoms with Crippen molar-refractivity contribution >= 4 is 0 Å². The molecule has 0 saturated carbocycles. The van der Waals surface area contributed by atoms with Crippen molar-refractivity contribution < 1.29 is 5.11 Å². The summed E-state index contributed by atoms with van der Waals surface area (Å²) in [4.78, 5) is 4.19. The van der Waals surface area contributed by atoms with Crippen LogP contribution in [0.25, 0.3) is 11.1 Å². The molecule has 0 spiro atoms. The van der Waals surface area contributed by atoms with Crippen LogP contribution in [0.4, 0.5) is 0 Å². The van der Waals surface area contributed by atoms with E-state index in [9.17, 15) is 5.11 Å². The Morgan fingerprint density at radius 1 is 1.19 bits per heavy atom. The highest BCUT2D eigenvalue weighted by Gasteiger charge is 2.03. The predicted molar refractivity (Wildman–Crippen MR) is 60.8 cm³/mol. The third-order valence-corrected chi connectivity index (χ3v) is 2.36. The maximum Gasteiger partial charge on any atom is 0.133 e. The number of phenols is 1. The van der Waals surface area contributed by atoms with Gasteiger partial charge in [0, 0.05) is 17.5 Å². The van der Waals surface area contributed by atoms with Crippen molar-refractivity contribution in [3.05, 3.63) is 47.8 Å². The van der Waals surface area contributed by atoms with Gasteiger partial charge in [-0.1, -0.05) is 12.1 Å². The zero-order chi connectivity index (χ0) is 11.5. The lowest BCUT2D eigenvalue weighted by molar-refractivity contribution is 0.473. The van der Waals surface area contributed by atoms with Crippen molar-refractivity contribution in [3.8, 4) is 22.9 Å². The average molecular weight is 210 g/mol. The fraction of sp³-hybridized carbons (Fsp3) is 0.0769. The molecule has 1 heterocycles. The highest BCUT2D eigenvalue weighted by Crippen LogP contribution is 2.24. The van der Waals surface area contributed by atoms with Gasteiger partial charge in [-0.05, 0) is 30.7 Å². The van der Waals surface area contributed by atoms with E-state index < -0.39 is 0 Å². The minimum Gasteiger partial charge on any atom is -0.507 e. The van der Waals surface area contributed by atoms with Crippen molar-refractivity contribution in [3.63, 3.8) is 0 Å². The number of phenolic OH excluding ortho intramolecular Hbond substituents is 1. The van der Waals surface area contributed by atoms with Gasteiger partial charge in [0.05, 0.1) is 5.56 Å². The van der Waals surface area contributed by atoms with Crippen LogP contribution in [0, 0.1) is 18.3 Å². The van der Waals surface area contributed by atoms with Gasteiger partial charge in [0.1, 0.15) is 11.8 Å². The van der Waals surface area contributed by atoms with E-state index in [1.54, 1.807) is 18.3 Å². The van der Waals surface area contributed by atoms with Gasteiger partial charge in [-0.25, -0.2) is 0 Å². The fourth-order valence-electron chi connectivity index (χ4n) is 1.44. The highest BCUT2D eigenvalue weighted by molar-refractivity contribution is 5.66. The molecule has 0 aliphatic heterocycles. The largest absolute Gasteiger partial charge is 0.507 e. The Bertz CT molecular complexity index is 553. The number of nitrogens with zero attached hydrogens (tertiary/aromatic N) is 2. The number of benzene rings is 1. The monoisotopic (exact) mass is 210 g/mol. The van der Waals surface area contributed by atoms with Gasteiger partial charge in [-0.15, -0.1) is 0 Å². The topological polar surface area (TPSA) is 56.9 Å². The van der Waals surface area contributed by atoms with Crippen LogP contribution in [-0.4, -0.2) is 10.1 Å². The van der Waals surface area contributed by atoms with Crippen LogP contribution in [-0.2, 0) is 0 Å². The quantitative estimate of drug-likeness (QED) is 0.787. The number of pyridine rings is 1. The van der Waals surface area contributed by atoms with Gasteiger partial charge in [0.25, 0.3) is 0 Å². The maximum atomic E-state index is 9.39. The Morgan fingerprint density at radius 2 is 1.94 bits per heavy atom. The molecule has 3 heteroatoms. The summed E-state index contributed by atoms with van der Waals surface area (Å²) in [6, 6.07) is 10.7. The zero-order valence-electron chi connectivity index (χ0n) is 8.81. The molecule has 78 valence electrons. The van der Waals surface area contributed by atoms with Crippen LogP contribution in [0.15, 0.2) is 36.5 Å². The third-order valence-electron chi connectivity index (χ3n) is 2.36.